The fraction of sp³-hybridized carbons (Fsp3) is 0.175. The van der Waals surface area contributed by atoms with Crippen LogP contribution < -0.4 is 0 Å². The minimum absolute atomic E-state index is 0.320. The summed E-state index contributed by atoms with van der Waals surface area (Å²) in [6.45, 7) is 2.05. The summed E-state index contributed by atoms with van der Waals surface area (Å²) < 4.78 is 37.2. The monoisotopic (exact) mass is 559 g/mol. The average Bonchev–Trinajstić information content (AvgIpc) is 3.40. The van der Waals surface area contributed by atoms with Crippen LogP contribution in [0.3, 0.4) is 0 Å². The third kappa shape index (κ3) is 4.39. The highest BCUT2D eigenvalue weighted by molar-refractivity contribution is 5.84. The van der Waals surface area contributed by atoms with E-state index in [1.165, 1.54) is 0 Å². The third-order valence-electron chi connectivity index (χ3n) is 8.68. The minimum atomic E-state index is -1.75. The van der Waals surface area contributed by atoms with Crippen molar-refractivity contribution < 1.29 is 5.48 Å². The largest absolute Gasteiger partial charge is 0.208 e. The Balaban J connectivity index is 1.25. The highest BCUT2D eigenvalue weighted by atomic mass is 15.0. The molecule has 1 fully saturated rings. The van der Waals surface area contributed by atoms with Gasteiger partial charge in [0.1, 0.15) is 0 Å². The van der Waals surface area contributed by atoms with E-state index in [2.05, 4.69) is 25.1 Å². The lowest BCUT2D eigenvalue weighted by Crippen LogP contribution is -2.28. The molecule has 2 aliphatic rings. The first-order valence-corrected chi connectivity index (χ1v) is 14.9. The quantitative estimate of drug-likeness (QED) is 0.216. The van der Waals surface area contributed by atoms with Crippen LogP contribution in [0, 0.1) is 6.92 Å². The Kier molecular flexibility index (Phi) is 5.28. The molecule has 8 rings (SSSR count). The highest BCUT2D eigenvalue weighted by Crippen LogP contribution is 2.56. The fourth-order valence-corrected chi connectivity index (χ4v) is 6.57. The number of fused-ring (bicyclic) bond motifs is 5. The Morgan fingerprint density at radius 1 is 0.488 bits per heavy atom. The SMILES string of the molecule is [2H]C1([2H])CCCC([2H])([2H])C12c1ccccc1-c1ccc(-c3ccc(-c4nc(-c5ccccc5)nc(-c5ccccc5)n4)c(C)c3)cc12. The first-order valence-electron chi connectivity index (χ1n) is 16.9. The molecule has 6 aromatic rings. The first-order chi connectivity index (χ1) is 22.7. The molecule has 5 aromatic carbocycles. The molecule has 3 heteroatoms. The van der Waals surface area contributed by atoms with E-state index in [-0.39, 0.29) is 0 Å². The van der Waals surface area contributed by atoms with E-state index >= 15 is 0 Å². The maximum Gasteiger partial charge on any atom is 0.164 e. The van der Waals surface area contributed by atoms with E-state index in [0.717, 1.165) is 55.6 Å². The van der Waals surface area contributed by atoms with Gasteiger partial charge in [-0.25, -0.2) is 15.0 Å². The Hall–Kier alpha value is -4.89. The first kappa shape index (κ1) is 21.8. The van der Waals surface area contributed by atoms with Crippen LogP contribution in [0.4, 0.5) is 0 Å². The highest BCUT2D eigenvalue weighted by Gasteiger charge is 2.43. The van der Waals surface area contributed by atoms with E-state index in [4.69, 9.17) is 15.0 Å². The lowest BCUT2D eigenvalue weighted by Gasteiger charge is -2.36. The molecule has 0 N–H and O–H groups in total. The van der Waals surface area contributed by atoms with Gasteiger partial charge in [0.2, 0.25) is 0 Å². The maximum absolute atomic E-state index is 9.29. The molecule has 1 aromatic heterocycles. The summed E-state index contributed by atoms with van der Waals surface area (Å²) in [5.74, 6) is 1.81. The Morgan fingerprint density at radius 3 is 1.67 bits per heavy atom. The topological polar surface area (TPSA) is 38.7 Å². The molecular weight excluding hydrogens is 522 g/mol. The van der Waals surface area contributed by atoms with Gasteiger partial charge in [-0.1, -0.05) is 135 Å². The summed E-state index contributed by atoms with van der Waals surface area (Å²) in [5.41, 5.74) is 7.57. The molecule has 0 radical (unpaired) electrons. The van der Waals surface area contributed by atoms with Gasteiger partial charge < -0.3 is 0 Å². The van der Waals surface area contributed by atoms with Crippen molar-refractivity contribution in [2.75, 3.05) is 0 Å². The van der Waals surface area contributed by atoms with E-state index in [1.54, 1.807) is 0 Å². The van der Waals surface area contributed by atoms with Crippen LogP contribution in [0.15, 0.2) is 121 Å². The van der Waals surface area contributed by atoms with Crippen molar-refractivity contribution in [2.24, 2.45) is 0 Å². The van der Waals surface area contributed by atoms with Gasteiger partial charge in [0.15, 0.2) is 17.5 Å². The summed E-state index contributed by atoms with van der Waals surface area (Å²) in [5, 5.41) is 0. The molecule has 0 aliphatic heterocycles. The van der Waals surface area contributed by atoms with Gasteiger partial charge in [0.05, 0.1) is 0 Å². The molecule has 3 nitrogen and oxygen atoms in total. The second-order valence-electron chi connectivity index (χ2n) is 11.3. The molecular formula is C40H33N3. The van der Waals surface area contributed by atoms with Crippen LogP contribution >= 0.6 is 0 Å². The van der Waals surface area contributed by atoms with Crippen LogP contribution in [-0.4, -0.2) is 15.0 Å². The molecule has 2 aliphatic carbocycles. The Morgan fingerprint density at radius 2 is 1.02 bits per heavy atom. The second kappa shape index (κ2) is 10.4. The minimum Gasteiger partial charge on any atom is -0.208 e. The second-order valence-corrected chi connectivity index (χ2v) is 11.3. The van der Waals surface area contributed by atoms with Crippen molar-refractivity contribution in [2.45, 2.75) is 44.3 Å². The Labute approximate surface area is 259 Å². The molecule has 0 unspecified atom stereocenters. The van der Waals surface area contributed by atoms with Crippen LogP contribution in [0.5, 0.6) is 0 Å². The molecule has 43 heavy (non-hydrogen) atoms. The van der Waals surface area contributed by atoms with Crippen molar-refractivity contribution >= 4 is 0 Å². The zero-order valence-electron chi connectivity index (χ0n) is 28.0. The smallest absolute Gasteiger partial charge is 0.164 e. The summed E-state index contributed by atoms with van der Waals surface area (Å²) in [4.78, 5) is 14.7. The van der Waals surface area contributed by atoms with Crippen LogP contribution in [0.2, 0.25) is 0 Å². The van der Waals surface area contributed by atoms with Crippen molar-refractivity contribution in [3.8, 4) is 56.4 Å². The molecule has 208 valence electrons. The summed E-state index contributed by atoms with van der Waals surface area (Å²) in [6.07, 6.45) is -2.34. The standard InChI is InChI=1S/C40H33N3/c1-27-25-30(31-20-22-34-33-17-9-10-18-35(33)40(36(34)26-31)23-11-4-12-24-40)19-21-32(27)39-42-37(28-13-5-2-6-14-28)41-38(43-39)29-15-7-3-8-16-29/h2-3,5-10,13-22,25-26H,4,11-12,23-24H2,1H3/i23D2,24D2. The lowest BCUT2D eigenvalue weighted by molar-refractivity contribution is 0.353. The molecule has 0 saturated heterocycles. The fourth-order valence-electron chi connectivity index (χ4n) is 6.57. The van der Waals surface area contributed by atoms with Crippen molar-refractivity contribution in [3.63, 3.8) is 0 Å². The summed E-state index contributed by atoms with van der Waals surface area (Å²) >= 11 is 0. The zero-order chi connectivity index (χ0) is 32.4. The average molecular weight is 560 g/mol. The van der Waals surface area contributed by atoms with Crippen LogP contribution in [-0.2, 0) is 5.41 Å². The molecule has 1 spiro atoms. The lowest BCUT2D eigenvalue weighted by atomic mass is 9.67. The van der Waals surface area contributed by atoms with Gasteiger partial charge in [-0.15, -0.1) is 0 Å². The van der Waals surface area contributed by atoms with Crippen molar-refractivity contribution in [1.29, 1.82) is 0 Å². The normalized spacial score (nSPS) is 18.5. The zero-order valence-corrected chi connectivity index (χ0v) is 24.0. The predicted octanol–water partition coefficient (Wildman–Crippen LogP) is 10.1. The molecule has 1 heterocycles. The van der Waals surface area contributed by atoms with Crippen LogP contribution in [0.1, 0.15) is 54.2 Å². The number of hydrogen-bond donors (Lipinski definition) is 0. The van der Waals surface area contributed by atoms with Gasteiger partial charge in [-0.2, -0.15) is 0 Å². The molecule has 1 saturated carbocycles. The number of rotatable bonds is 4. The molecule has 0 atom stereocenters. The van der Waals surface area contributed by atoms with E-state index in [9.17, 15) is 5.48 Å². The van der Waals surface area contributed by atoms with Gasteiger partial charge >= 0.3 is 0 Å². The van der Waals surface area contributed by atoms with Crippen LogP contribution in [0.25, 0.3) is 56.4 Å². The van der Waals surface area contributed by atoms with Gasteiger partial charge in [0.25, 0.3) is 0 Å². The van der Waals surface area contributed by atoms with Gasteiger partial charge in [0, 0.05) is 27.6 Å². The summed E-state index contributed by atoms with van der Waals surface area (Å²) in [7, 11) is 0. The summed E-state index contributed by atoms with van der Waals surface area (Å²) in [6, 6.07) is 40.0. The predicted molar refractivity (Wildman–Crippen MR) is 176 cm³/mol. The van der Waals surface area contributed by atoms with Gasteiger partial charge in [-0.05, 0) is 64.7 Å². The molecule has 0 bridgehead atoms. The number of nitrogens with zero attached hydrogens (tertiary/aromatic N) is 3. The van der Waals surface area contributed by atoms with E-state index in [0.29, 0.717) is 36.7 Å². The van der Waals surface area contributed by atoms with E-state index < -0.39 is 18.2 Å². The third-order valence-corrected chi connectivity index (χ3v) is 8.68. The van der Waals surface area contributed by atoms with E-state index in [1.807, 2.05) is 103 Å². The van der Waals surface area contributed by atoms with Crippen molar-refractivity contribution in [3.05, 3.63) is 138 Å². The van der Waals surface area contributed by atoms with Gasteiger partial charge in [-0.3, -0.25) is 0 Å². The van der Waals surface area contributed by atoms with Crippen molar-refractivity contribution in [1.82, 2.24) is 15.0 Å². The number of benzene rings is 5. The number of aromatic nitrogens is 3. The maximum atomic E-state index is 9.29. The Bertz CT molecular complexity index is 2070. The number of aryl methyl sites for hydroxylation is 1. The molecule has 0 amide bonds. The number of hydrogen-bond acceptors (Lipinski definition) is 3.